The number of anilines is 2. The molecule has 2 aromatic heterocycles. The zero-order valence-corrected chi connectivity index (χ0v) is 18.8. The van der Waals surface area contributed by atoms with E-state index >= 15 is 0 Å². The number of ketones is 1. The van der Waals surface area contributed by atoms with E-state index in [0.717, 1.165) is 11.3 Å². The van der Waals surface area contributed by atoms with Crippen molar-refractivity contribution in [2.24, 2.45) is 0 Å². The van der Waals surface area contributed by atoms with Crippen LogP contribution in [-0.2, 0) is 14.8 Å². The van der Waals surface area contributed by atoms with Gasteiger partial charge in [-0.05, 0) is 62.4 Å². The highest BCUT2D eigenvalue weighted by molar-refractivity contribution is 7.94. The molecule has 0 unspecified atom stereocenters. The maximum absolute atomic E-state index is 12.7. The lowest BCUT2D eigenvalue weighted by molar-refractivity contribution is -0.115. The van der Waals surface area contributed by atoms with E-state index in [4.69, 9.17) is 4.52 Å². The van der Waals surface area contributed by atoms with Crippen molar-refractivity contribution in [3.63, 3.8) is 0 Å². The summed E-state index contributed by atoms with van der Waals surface area (Å²) in [7, 11) is -3.77. The minimum Gasteiger partial charge on any atom is -0.354 e. The van der Waals surface area contributed by atoms with Crippen molar-refractivity contribution < 1.29 is 22.5 Å². The molecule has 0 saturated heterocycles. The smallest absolute Gasteiger partial charge is 0.271 e. The van der Waals surface area contributed by atoms with Crippen LogP contribution in [0.3, 0.4) is 0 Å². The number of rotatable bonds is 8. The summed E-state index contributed by atoms with van der Waals surface area (Å²) < 4.78 is 33.2. The maximum atomic E-state index is 12.7. The summed E-state index contributed by atoms with van der Waals surface area (Å²) in [5, 5.41) is 6.60. The van der Waals surface area contributed by atoms with Crippen LogP contribution in [0.15, 0.2) is 45.1 Å². The quantitative estimate of drug-likeness (QED) is 0.477. The first-order chi connectivity index (χ1) is 14.7. The molecule has 0 aliphatic carbocycles. The van der Waals surface area contributed by atoms with Crippen molar-refractivity contribution in [1.82, 2.24) is 5.16 Å². The van der Waals surface area contributed by atoms with Crippen molar-refractivity contribution in [2.75, 3.05) is 10.0 Å². The Labute approximate surface area is 184 Å². The SMILES string of the molecule is CCC(=O)Nc1c(C)noc1/C=C/c1ccc(S(=O)(=O)Nc2ccc(C(C)=O)cc2)s1. The average Bonchev–Trinajstić information content (AvgIpc) is 3.34. The third-order valence-corrected chi connectivity index (χ3v) is 7.21. The lowest BCUT2D eigenvalue weighted by Gasteiger charge is -2.06. The molecule has 0 fully saturated rings. The molecule has 0 aliphatic rings. The summed E-state index contributed by atoms with van der Waals surface area (Å²) in [4.78, 5) is 23.7. The third kappa shape index (κ3) is 5.47. The van der Waals surface area contributed by atoms with E-state index in [-0.39, 0.29) is 15.9 Å². The fourth-order valence-electron chi connectivity index (χ4n) is 2.59. The molecule has 0 radical (unpaired) electrons. The fraction of sp³-hybridized carbons (Fsp3) is 0.190. The largest absolute Gasteiger partial charge is 0.354 e. The van der Waals surface area contributed by atoms with Gasteiger partial charge in [-0.3, -0.25) is 14.3 Å². The van der Waals surface area contributed by atoms with Gasteiger partial charge in [0.25, 0.3) is 10.0 Å². The van der Waals surface area contributed by atoms with Crippen LogP contribution in [0, 0.1) is 6.92 Å². The number of Topliss-reactive ketones (excluding diaryl/α,β-unsaturated/α-hetero) is 1. The first-order valence-corrected chi connectivity index (χ1v) is 11.7. The van der Waals surface area contributed by atoms with Crippen molar-refractivity contribution >= 4 is 56.6 Å². The van der Waals surface area contributed by atoms with E-state index in [2.05, 4.69) is 15.2 Å². The summed E-state index contributed by atoms with van der Waals surface area (Å²) in [5.74, 6) is 0.122. The van der Waals surface area contributed by atoms with E-state index in [1.807, 2.05) is 0 Å². The lowest BCUT2D eigenvalue weighted by atomic mass is 10.1. The van der Waals surface area contributed by atoms with Gasteiger partial charge in [0, 0.05) is 22.5 Å². The number of aromatic nitrogens is 1. The van der Waals surface area contributed by atoms with Gasteiger partial charge in [-0.15, -0.1) is 11.3 Å². The molecule has 2 N–H and O–H groups in total. The number of aryl methyl sites for hydroxylation is 1. The van der Waals surface area contributed by atoms with Crippen LogP contribution in [0.2, 0.25) is 0 Å². The molecule has 162 valence electrons. The molecule has 1 aromatic carbocycles. The van der Waals surface area contributed by atoms with Gasteiger partial charge in [0.05, 0.1) is 0 Å². The van der Waals surface area contributed by atoms with Crippen LogP contribution in [0.5, 0.6) is 0 Å². The molecule has 0 saturated carbocycles. The molecule has 3 aromatic rings. The normalized spacial score (nSPS) is 11.6. The molecule has 3 rings (SSSR count). The first kappa shape index (κ1) is 22.4. The Hall–Kier alpha value is -3.24. The fourth-order valence-corrected chi connectivity index (χ4v) is 4.87. The van der Waals surface area contributed by atoms with Crippen molar-refractivity contribution in [3.05, 3.63) is 58.3 Å². The Bertz CT molecular complexity index is 1240. The second kappa shape index (κ2) is 9.27. The maximum Gasteiger partial charge on any atom is 0.271 e. The Morgan fingerprint density at radius 3 is 2.48 bits per heavy atom. The summed E-state index contributed by atoms with van der Waals surface area (Å²) in [6, 6.07) is 9.39. The van der Waals surface area contributed by atoms with E-state index in [1.165, 1.54) is 13.0 Å². The zero-order chi connectivity index (χ0) is 22.6. The van der Waals surface area contributed by atoms with Gasteiger partial charge in [0.15, 0.2) is 11.5 Å². The minimum atomic E-state index is -3.77. The number of hydrogen-bond acceptors (Lipinski definition) is 7. The number of carbonyl (C=O) groups is 2. The van der Waals surface area contributed by atoms with Crippen molar-refractivity contribution in [3.8, 4) is 0 Å². The number of amides is 1. The number of nitrogens with zero attached hydrogens (tertiary/aromatic N) is 1. The third-order valence-electron chi connectivity index (χ3n) is 4.28. The molecule has 8 nitrogen and oxygen atoms in total. The number of thiophene rings is 1. The number of sulfonamides is 1. The summed E-state index contributed by atoms with van der Waals surface area (Å²) in [6.07, 6.45) is 3.64. The Morgan fingerprint density at radius 1 is 1.13 bits per heavy atom. The average molecular weight is 460 g/mol. The second-order valence-corrected chi connectivity index (χ2v) is 9.66. The van der Waals surface area contributed by atoms with Crippen LogP contribution in [0.25, 0.3) is 12.2 Å². The van der Waals surface area contributed by atoms with Gasteiger partial charge >= 0.3 is 0 Å². The molecule has 0 aliphatic heterocycles. The van der Waals surface area contributed by atoms with E-state index in [1.54, 1.807) is 56.3 Å². The number of carbonyl (C=O) groups excluding carboxylic acids is 2. The van der Waals surface area contributed by atoms with Crippen molar-refractivity contribution in [1.29, 1.82) is 0 Å². The predicted molar refractivity (Wildman–Crippen MR) is 121 cm³/mol. The van der Waals surface area contributed by atoms with E-state index < -0.39 is 10.0 Å². The summed E-state index contributed by atoms with van der Waals surface area (Å²) in [5.41, 5.74) is 1.91. The van der Waals surface area contributed by atoms with Gasteiger partial charge in [-0.1, -0.05) is 12.1 Å². The van der Waals surface area contributed by atoms with Gasteiger partial charge < -0.3 is 9.84 Å². The zero-order valence-electron chi connectivity index (χ0n) is 17.1. The van der Waals surface area contributed by atoms with Gasteiger partial charge in [-0.25, -0.2) is 8.42 Å². The highest BCUT2D eigenvalue weighted by atomic mass is 32.2. The molecular weight excluding hydrogens is 438 g/mol. The Kier molecular flexibility index (Phi) is 6.71. The summed E-state index contributed by atoms with van der Waals surface area (Å²) >= 11 is 1.08. The summed E-state index contributed by atoms with van der Waals surface area (Å²) in [6.45, 7) is 4.91. The second-order valence-electron chi connectivity index (χ2n) is 6.64. The standard InChI is InChI=1S/C21H21N3O5S2/c1-4-19(26)22-21-13(2)23-29-18(21)11-9-17-10-12-20(30-17)31(27,28)24-16-7-5-15(6-8-16)14(3)25/h5-12,24H,4H2,1-3H3,(H,22,26)/b11-9+. The number of benzene rings is 1. The first-order valence-electron chi connectivity index (χ1n) is 9.37. The van der Waals surface area contributed by atoms with Crippen LogP contribution >= 0.6 is 11.3 Å². The molecule has 1 amide bonds. The van der Waals surface area contributed by atoms with Gasteiger partial charge in [0.2, 0.25) is 5.91 Å². The van der Waals surface area contributed by atoms with Crippen molar-refractivity contribution in [2.45, 2.75) is 31.4 Å². The Morgan fingerprint density at radius 2 is 1.84 bits per heavy atom. The van der Waals surface area contributed by atoms with Crippen LogP contribution in [-0.4, -0.2) is 25.3 Å². The van der Waals surface area contributed by atoms with Gasteiger partial charge in [-0.2, -0.15) is 0 Å². The molecule has 0 bridgehead atoms. The number of hydrogen-bond donors (Lipinski definition) is 2. The van der Waals surface area contributed by atoms with Crippen LogP contribution in [0.4, 0.5) is 11.4 Å². The van der Waals surface area contributed by atoms with Crippen LogP contribution < -0.4 is 10.0 Å². The minimum absolute atomic E-state index is 0.0940. The Balaban J connectivity index is 1.75. The van der Waals surface area contributed by atoms with Crippen LogP contribution in [0.1, 0.15) is 47.0 Å². The predicted octanol–water partition coefficient (Wildman–Crippen LogP) is 4.57. The van der Waals surface area contributed by atoms with E-state index in [9.17, 15) is 18.0 Å². The molecule has 0 atom stereocenters. The topological polar surface area (TPSA) is 118 Å². The highest BCUT2D eigenvalue weighted by Crippen LogP contribution is 2.27. The lowest BCUT2D eigenvalue weighted by Crippen LogP contribution is -2.11. The number of nitrogens with one attached hydrogen (secondary N) is 2. The van der Waals surface area contributed by atoms with Gasteiger partial charge in [0.1, 0.15) is 15.6 Å². The van der Waals surface area contributed by atoms with E-state index in [0.29, 0.717) is 39.7 Å². The molecule has 10 heteroatoms. The molecule has 0 spiro atoms. The highest BCUT2D eigenvalue weighted by Gasteiger charge is 2.17. The molecule has 31 heavy (non-hydrogen) atoms. The molecule has 2 heterocycles. The monoisotopic (exact) mass is 459 g/mol. The molecular formula is C21H21N3O5S2.